The zero-order chi connectivity index (χ0) is 10.6. The summed E-state index contributed by atoms with van der Waals surface area (Å²) in [5, 5.41) is 0. The van der Waals surface area contributed by atoms with Crippen molar-refractivity contribution in [3.63, 3.8) is 0 Å². The SMILES string of the molecule is C1CCCC1.C1CCCC1.[CH]1[CH]CCC1.[Yb]. The summed E-state index contributed by atoms with van der Waals surface area (Å²) in [6.45, 7) is 0. The van der Waals surface area contributed by atoms with Gasteiger partial charge in [-0.2, -0.15) is 0 Å². The van der Waals surface area contributed by atoms with Crippen LogP contribution in [0.25, 0.3) is 0 Å². The molecular weight excluding hydrogens is 353 g/mol. The van der Waals surface area contributed by atoms with E-state index in [1.807, 2.05) is 0 Å². The smallest absolute Gasteiger partial charge is 0 e. The van der Waals surface area contributed by atoms with E-state index in [1.165, 1.54) is 83.5 Å². The Labute approximate surface area is 142 Å². The molecule has 0 amide bonds. The topological polar surface area (TPSA) is 0 Å². The third kappa shape index (κ3) is 12.0. The Hall–Kier alpha value is 1.52. The van der Waals surface area contributed by atoms with Crippen LogP contribution in [0, 0.1) is 59.8 Å². The van der Waals surface area contributed by atoms with Crippen molar-refractivity contribution >= 4 is 0 Å². The van der Waals surface area contributed by atoms with E-state index in [9.17, 15) is 0 Å². The van der Waals surface area contributed by atoms with Gasteiger partial charge in [-0.15, -0.1) is 0 Å². The Morgan fingerprint density at radius 1 is 0.375 bits per heavy atom. The molecule has 3 aliphatic carbocycles. The van der Waals surface area contributed by atoms with E-state index in [0.717, 1.165) is 0 Å². The van der Waals surface area contributed by atoms with Gasteiger partial charge in [-0.3, -0.25) is 0 Å². The molecule has 0 aromatic rings. The molecule has 0 nitrogen and oxygen atoms in total. The summed E-state index contributed by atoms with van der Waals surface area (Å²) in [5.74, 6) is 0. The van der Waals surface area contributed by atoms with Crippen molar-refractivity contribution in [1.82, 2.24) is 0 Å². The minimum atomic E-state index is 0. The molecule has 3 saturated carbocycles. The zero-order valence-corrected chi connectivity index (χ0v) is 12.3. The summed E-state index contributed by atoms with van der Waals surface area (Å²) in [6, 6.07) is 0. The van der Waals surface area contributed by atoms with Gasteiger partial charge in [-0.25, -0.2) is 0 Å². The molecule has 3 rings (SSSR count). The molecule has 0 spiro atoms. The second kappa shape index (κ2) is 14.6. The molecule has 3 aliphatic rings. The summed E-state index contributed by atoms with van der Waals surface area (Å²) >= 11 is 0. The summed E-state index contributed by atoms with van der Waals surface area (Å²) in [4.78, 5) is 0. The fraction of sp³-hybridized carbons (Fsp3) is 0.867. The van der Waals surface area contributed by atoms with E-state index in [-0.39, 0.29) is 46.9 Å². The summed E-state index contributed by atoms with van der Waals surface area (Å²) in [5.41, 5.74) is 0. The second-order valence-electron chi connectivity index (χ2n) is 4.94. The molecule has 0 saturated heterocycles. The van der Waals surface area contributed by atoms with Crippen LogP contribution in [0.1, 0.15) is 83.5 Å². The van der Waals surface area contributed by atoms with Gasteiger partial charge in [0.1, 0.15) is 0 Å². The molecule has 0 aromatic carbocycles. The molecule has 0 heterocycles. The Kier molecular flexibility index (Phi) is 16.0. The molecule has 0 N–H and O–H groups in total. The van der Waals surface area contributed by atoms with Crippen LogP contribution in [-0.4, -0.2) is 0 Å². The maximum absolute atomic E-state index is 2.24. The molecule has 0 aromatic heterocycles. The van der Waals surface area contributed by atoms with Crippen LogP contribution >= 0.6 is 0 Å². The van der Waals surface area contributed by atoms with Crippen molar-refractivity contribution in [2.24, 2.45) is 0 Å². The van der Waals surface area contributed by atoms with Crippen LogP contribution in [0.15, 0.2) is 0 Å². The second-order valence-corrected chi connectivity index (χ2v) is 4.94. The fourth-order valence-corrected chi connectivity index (χ4v) is 2.36. The maximum atomic E-state index is 2.24. The summed E-state index contributed by atoms with van der Waals surface area (Å²) < 4.78 is 0. The van der Waals surface area contributed by atoms with Gasteiger partial charge in [0.25, 0.3) is 0 Å². The van der Waals surface area contributed by atoms with Crippen LogP contribution in [0.3, 0.4) is 0 Å². The van der Waals surface area contributed by atoms with Crippen LogP contribution < -0.4 is 0 Å². The minimum Gasteiger partial charge on any atom is -0.0533 e. The molecule has 0 bridgehead atoms. The maximum Gasteiger partial charge on any atom is 0 e. The van der Waals surface area contributed by atoms with Crippen LogP contribution in [0.5, 0.6) is 0 Å². The molecular formula is C15H28Yb. The predicted octanol–water partition coefficient (Wildman–Crippen LogP) is 5.48. The largest absolute Gasteiger partial charge is 0.0533 e. The Balaban J connectivity index is 0.000000205. The Morgan fingerprint density at radius 2 is 0.625 bits per heavy atom. The van der Waals surface area contributed by atoms with Crippen LogP contribution in [0.4, 0.5) is 0 Å². The van der Waals surface area contributed by atoms with E-state index in [1.54, 1.807) is 0 Å². The minimum absolute atomic E-state index is 0. The average Bonchev–Trinajstić information content (AvgIpc) is 3.09. The van der Waals surface area contributed by atoms with E-state index in [2.05, 4.69) is 12.8 Å². The van der Waals surface area contributed by atoms with Gasteiger partial charge in [0, 0.05) is 46.9 Å². The van der Waals surface area contributed by atoms with Gasteiger partial charge >= 0.3 is 0 Å². The predicted molar refractivity (Wildman–Crippen MR) is 68.6 cm³/mol. The monoisotopic (exact) mass is 382 g/mol. The molecule has 102 valence electrons. The third-order valence-corrected chi connectivity index (χ3v) is 3.41. The van der Waals surface area contributed by atoms with Gasteiger partial charge < -0.3 is 0 Å². The van der Waals surface area contributed by atoms with Gasteiger partial charge in [-0.05, 0) is 25.7 Å². The molecule has 0 unspecified atom stereocenters. The van der Waals surface area contributed by atoms with Crippen molar-refractivity contribution in [2.45, 2.75) is 83.5 Å². The van der Waals surface area contributed by atoms with Crippen molar-refractivity contribution in [2.75, 3.05) is 0 Å². The first kappa shape index (κ1) is 17.5. The zero-order valence-electron chi connectivity index (χ0n) is 10.6. The molecule has 0 atom stereocenters. The average molecular weight is 381 g/mol. The Morgan fingerprint density at radius 3 is 0.750 bits per heavy atom. The summed E-state index contributed by atoms with van der Waals surface area (Å²) in [6.07, 6.45) is 23.5. The van der Waals surface area contributed by atoms with E-state index in [4.69, 9.17) is 0 Å². The molecule has 16 heavy (non-hydrogen) atoms. The molecule has 1 heteroatoms. The first-order valence-corrected chi connectivity index (χ1v) is 7.15. The van der Waals surface area contributed by atoms with Crippen LogP contribution in [-0.2, 0) is 0 Å². The first-order chi connectivity index (χ1) is 7.50. The van der Waals surface area contributed by atoms with E-state index < -0.39 is 0 Å². The fourth-order valence-electron chi connectivity index (χ4n) is 2.36. The standard InChI is InChI=1S/2C5H10.C5H8.Yb/c3*1-2-4-5-3-1;/h2*1-5H2;1-2H,3-5H2;. The van der Waals surface area contributed by atoms with Gasteiger partial charge in [0.2, 0.25) is 0 Å². The number of hydrogen-bond acceptors (Lipinski definition) is 0. The van der Waals surface area contributed by atoms with Crippen molar-refractivity contribution in [3.8, 4) is 0 Å². The quantitative estimate of drug-likeness (QED) is 0.521. The van der Waals surface area contributed by atoms with Crippen LogP contribution in [0.2, 0.25) is 0 Å². The van der Waals surface area contributed by atoms with Crippen molar-refractivity contribution in [3.05, 3.63) is 12.8 Å². The summed E-state index contributed by atoms with van der Waals surface area (Å²) in [7, 11) is 0. The normalized spacial score (nSPS) is 22.5. The third-order valence-electron chi connectivity index (χ3n) is 3.41. The first-order valence-electron chi connectivity index (χ1n) is 7.15. The number of hydrogen-bond donors (Lipinski definition) is 0. The molecule has 0 aliphatic heterocycles. The van der Waals surface area contributed by atoms with Gasteiger partial charge in [-0.1, -0.05) is 70.6 Å². The van der Waals surface area contributed by atoms with Crippen molar-refractivity contribution in [1.29, 1.82) is 0 Å². The molecule has 3 fully saturated rings. The molecule has 2 radical (unpaired) electrons. The van der Waals surface area contributed by atoms with E-state index >= 15 is 0 Å². The van der Waals surface area contributed by atoms with Crippen molar-refractivity contribution < 1.29 is 46.9 Å². The number of rotatable bonds is 0. The van der Waals surface area contributed by atoms with Gasteiger partial charge in [0.05, 0.1) is 0 Å². The van der Waals surface area contributed by atoms with Gasteiger partial charge in [0.15, 0.2) is 0 Å². The van der Waals surface area contributed by atoms with E-state index in [0.29, 0.717) is 0 Å². The Bertz CT molecular complexity index is 64.0.